The van der Waals surface area contributed by atoms with Gasteiger partial charge in [-0.1, -0.05) is 19.1 Å². The molecule has 0 aliphatic carbocycles. The van der Waals surface area contributed by atoms with Crippen LogP contribution in [0.25, 0.3) is 0 Å². The predicted octanol–water partition coefficient (Wildman–Crippen LogP) is 3.87. The second kappa shape index (κ2) is 7.52. The fourth-order valence-corrected chi connectivity index (χ4v) is 2.45. The van der Waals surface area contributed by atoms with Crippen LogP contribution in [0.15, 0.2) is 42.5 Å². The summed E-state index contributed by atoms with van der Waals surface area (Å²) >= 11 is 0. The molecule has 25 heavy (non-hydrogen) atoms. The Bertz CT molecular complexity index is 803. The molecular weight excluding hydrogens is 326 g/mol. The SMILES string of the molecule is CCCN(C(=O)c1cc([N+](=O)[O-])cc([N+](=O)[O-])c1)c1cccc(C)c1. The van der Waals surface area contributed by atoms with E-state index in [1.165, 1.54) is 4.90 Å². The smallest absolute Gasteiger partial charge is 0.277 e. The minimum atomic E-state index is -0.749. The number of anilines is 1. The van der Waals surface area contributed by atoms with Gasteiger partial charge in [-0.25, -0.2) is 0 Å². The maximum Gasteiger partial charge on any atom is 0.277 e. The van der Waals surface area contributed by atoms with Gasteiger partial charge in [0.1, 0.15) is 0 Å². The molecule has 2 aromatic carbocycles. The van der Waals surface area contributed by atoms with Crippen LogP contribution in [0.5, 0.6) is 0 Å². The van der Waals surface area contributed by atoms with Crippen molar-refractivity contribution in [2.45, 2.75) is 20.3 Å². The molecule has 0 aliphatic heterocycles. The molecule has 0 saturated heterocycles. The number of hydrogen-bond acceptors (Lipinski definition) is 5. The Morgan fingerprint density at radius 1 is 1.04 bits per heavy atom. The summed E-state index contributed by atoms with van der Waals surface area (Å²) in [5.41, 5.74) is 0.532. The van der Waals surface area contributed by atoms with E-state index in [1.807, 2.05) is 26.0 Å². The molecule has 130 valence electrons. The van der Waals surface area contributed by atoms with Gasteiger partial charge in [-0.2, -0.15) is 0 Å². The summed E-state index contributed by atoms with van der Waals surface area (Å²) < 4.78 is 0. The van der Waals surface area contributed by atoms with Crippen LogP contribution < -0.4 is 4.90 Å². The number of rotatable bonds is 6. The largest absolute Gasteiger partial charge is 0.308 e. The van der Waals surface area contributed by atoms with E-state index in [9.17, 15) is 25.0 Å². The Morgan fingerprint density at radius 2 is 1.64 bits per heavy atom. The van der Waals surface area contributed by atoms with Crippen LogP contribution >= 0.6 is 0 Å². The molecular formula is C17H17N3O5. The van der Waals surface area contributed by atoms with E-state index < -0.39 is 27.1 Å². The number of benzene rings is 2. The van der Waals surface area contributed by atoms with Gasteiger partial charge in [0.15, 0.2) is 0 Å². The van der Waals surface area contributed by atoms with E-state index in [-0.39, 0.29) is 5.56 Å². The topological polar surface area (TPSA) is 107 Å². The molecule has 2 aromatic rings. The number of hydrogen-bond donors (Lipinski definition) is 0. The van der Waals surface area contributed by atoms with Crippen molar-refractivity contribution in [3.63, 3.8) is 0 Å². The van der Waals surface area contributed by atoms with Crippen molar-refractivity contribution in [1.29, 1.82) is 0 Å². The number of nitro benzene ring substituents is 2. The van der Waals surface area contributed by atoms with Crippen molar-refractivity contribution < 1.29 is 14.6 Å². The van der Waals surface area contributed by atoms with Gasteiger partial charge in [0.05, 0.1) is 21.5 Å². The highest BCUT2D eigenvalue weighted by atomic mass is 16.6. The Kier molecular flexibility index (Phi) is 5.43. The molecule has 0 bridgehead atoms. The first-order valence-electron chi connectivity index (χ1n) is 7.66. The van der Waals surface area contributed by atoms with Crippen molar-refractivity contribution in [3.05, 3.63) is 73.8 Å². The second-order valence-corrected chi connectivity index (χ2v) is 5.55. The van der Waals surface area contributed by atoms with Crippen molar-refractivity contribution in [3.8, 4) is 0 Å². The van der Waals surface area contributed by atoms with Crippen LogP contribution in [0.1, 0.15) is 29.3 Å². The zero-order chi connectivity index (χ0) is 18.6. The minimum Gasteiger partial charge on any atom is -0.308 e. The van der Waals surface area contributed by atoms with Crippen LogP contribution in [-0.2, 0) is 0 Å². The third kappa shape index (κ3) is 4.17. The van der Waals surface area contributed by atoms with Crippen molar-refractivity contribution in [1.82, 2.24) is 0 Å². The van der Waals surface area contributed by atoms with Gasteiger partial charge < -0.3 is 4.90 Å². The molecule has 1 amide bonds. The monoisotopic (exact) mass is 343 g/mol. The van der Waals surface area contributed by atoms with E-state index in [0.29, 0.717) is 18.7 Å². The highest BCUT2D eigenvalue weighted by molar-refractivity contribution is 6.06. The molecule has 0 heterocycles. The van der Waals surface area contributed by atoms with Gasteiger partial charge in [-0.05, 0) is 31.0 Å². The van der Waals surface area contributed by atoms with E-state index in [4.69, 9.17) is 0 Å². The summed E-state index contributed by atoms with van der Waals surface area (Å²) in [4.78, 5) is 34.9. The van der Waals surface area contributed by atoms with E-state index in [1.54, 1.807) is 12.1 Å². The van der Waals surface area contributed by atoms with Crippen LogP contribution in [0.2, 0.25) is 0 Å². The summed E-state index contributed by atoms with van der Waals surface area (Å²) in [5, 5.41) is 22.0. The van der Waals surface area contributed by atoms with Crippen LogP contribution in [0, 0.1) is 27.2 Å². The number of carbonyl (C=O) groups excluding carboxylic acids is 1. The summed E-state index contributed by atoms with van der Waals surface area (Å²) in [5.74, 6) is -0.515. The van der Waals surface area contributed by atoms with Gasteiger partial charge in [0.25, 0.3) is 17.3 Å². The zero-order valence-electron chi connectivity index (χ0n) is 13.8. The van der Waals surface area contributed by atoms with Gasteiger partial charge in [-0.3, -0.25) is 25.0 Å². The van der Waals surface area contributed by atoms with Crippen molar-refractivity contribution in [2.75, 3.05) is 11.4 Å². The van der Waals surface area contributed by atoms with E-state index in [0.717, 1.165) is 23.8 Å². The number of nitro groups is 2. The lowest BCUT2D eigenvalue weighted by Crippen LogP contribution is -2.31. The highest BCUT2D eigenvalue weighted by Gasteiger charge is 2.24. The maximum atomic E-state index is 12.9. The Labute approximate surface area is 144 Å². The molecule has 8 nitrogen and oxygen atoms in total. The molecule has 0 spiro atoms. The molecule has 8 heteroatoms. The molecule has 2 rings (SSSR count). The third-order valence-corrected chi connectivity index (χ3v) is 3.58. The fraction of sp³-hybridized carbons (Fsp3) is 0.235. The first-order chi connectivity index (χ1) is 11.8. The van der Waals surface area contributed by atoms with Crippen molar-refractivity contribution in [2.24, 2.45) is 0 Å². The lowest BCUT2D eigenvalue weighted by Gasteiger charge is -2.22. The zero-order valence-corrected chi connectivity index (χ0v) is 13.8. The first kappa shape index (κ1) is 18.1. The lowest BCUT2D eigenvalue weighted by atomic mass is 10.1. The molecule has 0 atom stereocenters. The first-order valence-corrected chi connectivity index (χ1v) is 7.66. The Hall–Kier alpha value is -3.29. The Morgan fingerprint density at radius 3 is 2.12 bits per heavy atom. The summed E-state index contributed by atoms with van der Waals surface area (Å²) in [7, 11) is 0. The van der Waals surface area contributed by atoms with Crippen molar-refractivity contribution >= 4 is 23.0 Å². The summed E-state index contributed by atoms with van der Waals surface area (Å²) in [6.07, 6.45) is 0.663. The average Bonchev–Trinajstić information content (AvgIpc) is 2.58. The van der Waals surface area contributed by atoms with E-state index in [2.05, 4.69) is 0 Å². The second-order valence-electron chi connectivity index (χ2n) is 5.55. The number of aryl methyl sites for hydroxylation is 1. The fourth-order valence-electron chi connectivity index (χ4n) is 2.45. The third-order valence-electron chi connectivity index (χ3n) is 3.58. The number of carbonyl (C=O) groups is 1. The lowest BCUT2D eigenvalue weighted by molar-refractivity contribution is -0.394. The van der Waals surface area contributed by atoms with Gasteiger partial charge in [0, 0.05) is 24.4 Å². The van der Waals surface area contributed by atoms with Gasteiger partial charge >= 0.3 is 0 Å². The summed E-state index contributed by atoms with van der Waals surface area (Å²) in [6.45, 7) is 4.17. The van der Waals surface area contributed by atoms with Gasteiger partial charge in [0.2, 0.25) is 0 Å². The maximum absolute atomic E-state index is 12.9. The van der Waals surface area contributed by atoms with Crippen LogP contribution in [0.3, 0.4) is 0 Å². The molecule has 0 N–H and O–H groups in total. The number of non-ortho nitro benzene ring substituents is 2. The molecule has 0 fully saturated rings. The minimum absolute atomic E-state index is 0.0872. The van der Waals surface area contributed by atoms with E-state index >= 15 is 0 Å². The number of nitrogens with zero attached hydrogens (tertiary/aromatic N) is 3. The van der Waals surface area contributed by atoms with Crippen LogP contribution in [0.4, 0.5) is 17.1 Å². The quantitative estimate of drug-likeness (QED) is 0.584. The average molecular weight is 343 g/mol. The molecule has 0 unspecified atom stereocenters. The standard InChI is InChI=1S/C17H17N3O5/c1-3-7-18(14-6-4-5-12(2)8-14)17(21)13-9-15(19(22)23)11-16(10-13)20(24)25/h4-6,8-11H,3,7H2,1-2H3. The molecule has 0 aromatic heterocycles. The summed E-state index contributed by atoms with van der Waals surface area (Å²) in [6, 6.07) is 10.2. The molecule has 0 saturated carbocycles. The Balaban J connectivity index is 2.52. The number of amides is 1. The van der Waals surface area contributed by atoms with Crippen LogP contribution in [-0.4, -0.2) is 22.3 Å². The van der Waals surface area contributed by atoms with Gasteiger partial charge in [-0.15, -0.1) is 0 Å². The highest BCUT2D eigenvalue weighted by Crippen LogP contribution is 2.26. The molecule has 0 radical (unpaired) electrons. The normalized spacial score (nSPS) is 10.3. The molecule has 0 aliphatic rings. The predicted molar refractivity (Wildman–Crippen MR) is 92.9 cm³/mol.